The lowest BCUT2D eigenvalue weighted by molar-refractivity contribution is 0.577. The van der Waals surface area contributed by atoms with E-state index in [2.05, 4.69) is 78.3 Å². The summed E-state index contributed by atoms with van der Waals surface area (Å²) in [6.07, 6.45) is 8.17. The number of aromatic nitrogens is 1. The summed E-state index contributed by atoms with van der Waals surface area (Å²) in [4.78, 5) is 7.18. The van der Waals surface area contributed by atoms with Crippen LogP contribution in [0.25, 0.3) is 22.4 Å². The van der Waals surface area contributed by atoms with E-state index in [0.717, 1.165) is 18.8 Å². The molecule has 0 N–H and O–H groups in total. The lowest BCUT2D eigenvalue weighted by Crippen LogP contribution is -2.30. The zero-order valence-corrected chi connectivity index (χ0v) is 15.7. The first-order chi connectivity index (χ1) is 12.7. The average Bonchev–Trinajstić information content (AvgIpc) is 2.69. The summed E-state index contributed by atoms with van der Waals surface area (Å²) in [7, 11) is 0. The van der Waals surface area contributed by atoms with Crippen molar-refractivity contribution in [3.63, 3.8) is 0 Å². The molecule has 0 atom stereocenters. The van der Waals surface area contributed by atoms with Gasteiger partial charge in [0.15, 0.2) is 0 Å². The molecule has 1 fully saturated rings. The first-order valence-electron chi connectivity index (χ1n) is 9.60. The molecule has 0 amide bonds. The molecule has 2 aromatic carbocycles. The van der Waals surface area contributed by atoms with E-state index in [1.54, 1.807) is 0 Å². The van der Waals surface area contributed by atoms with Gasteiger partial charge in [-0.05, 0) is 78.8 Å². The van der Waals surface area contributed by atoms with E-state index >= 15 is 0 Å². The van der Waals surface area contributed by atoms with Crippen LogP contribution in [0.3, 0.4) is 0 Å². The summed E-state index contributed by atoms with van der Waals surface area (Å²) in [6, 6.07) is 17.4. The minimum atomic E-state index is 1.04. The summed E-state index contributed by atoms with van der Waals surface area (Å²) < 4.78 is 0. The van der Waals surface area contributed by atoms with Crippen molar-refractivity contribution in [1.82, 2.24) is 4.98 Å². The Kier molecular flexibility index (Phi) is 4.75. The highest BCUT2D eigenvalue weighted by Crippen LogP contribution is 2.27. The predicted molar refractivity (Wildman–Crippen MR) is 113 cm³/mol. The third-order valence-electron chi connectivity index (χ3n) is 5.36. The van der Waals surface area contributed by atoms with Crippen molar-refractivity contribution in [1.29, 1.82) is 0 Å². The van der Waals surface area contributed by atoms with Crippen LogP contribution in [0.5, 0.6) is 0 Å². The first kappa shape index (κ1) is 16.8. The SMILES string of the molecule is CC(=Cc1cc(N2CCCCC2)c(C)cn1)c1ccc2ccccc2c1. The molecule has 1 aliphatic heterocycles. The third kappa shape index (κ3) is 3.50. The maximum absolute atomic E-state index is 4.66. The molecule has 0 radical (unpaired) electrons. The van der Waals surface area contributed by atoms with Gasteiger partial charge in [0.05, 0.1) is 5.69 Å². The van der Waals surface area contributed by atoms with Crippen LogP contribution in [0, 0.1) is 6.92 Å². The molecule has 132 valence electrons. The maximum atomic E-state index is 4.66. The van der Waals surface area contributed by atoms with Crippen LogP contribution < -0.4 is 4.90 Å². The number of pyridine rings is 1. The monoisotopic (exact) mass is 342 g/mol. The molecule has 2 heterocycles. The zero-order chi connectivity index (χ0) is 17.9. The number of piperidine rings is 1. The highest BCUT2D eigenvalue weighted by Gasteiger charge is 2.13. The van der Waals surface area contributed by atoms with E-state index in [4.69, 9.17) is 0 Å². The zero-order valence-electron chi connectivity index (χ0n) is 15.7. The minimum absolute atomic E-state index is 1.04. The Labute approximate surface area is 156 Å². The summed E-state index contributed by atoms with van der Waals surface area (Å²) in [6.45, 7) is 6.67. The second-order valence-corrected chi connectivity index (χ2v) is 7.33. The fourth-order valence-corrected chi connectivity index (χ4v) is 3.82. The van der Waals surface area contributed by atoms with Gasteiger partial charge in [0.2, 0.25) is 0 Å². The molecule has 1 aliphatic rings. The number of anilines is 1. The van der Waals surface area contributed by atoms with E-state index < -0.39 is 0 Å². The van der Waals surface area contributed by atoms with Crippen LogP contribution in [0.4, 0.5) is 5.69 Å². The van der Waals surface area contributed by atoms with Crippen molar-refractivity contribution in [2.75, 3.05) is 18.0 Å². The molecule has 4 rings (SSSR count). The molecule has 26 heavy (non-hydrogen) atoms. The highest BCUT2D eigenvalue weighted by atomic mass is 15.1. The van der Waals surface area contributed by atoms with E-state index in [1.807, 2.05) is 6.20 Å². The van der Waals surface area contributed by atoms with Gasteiger partial charge < -0.3 is 4.90 Å². The quantitative estimate of drug-likeness (QED) is 0.572. The number of hydrogen-bond donors (Lipinski definition) is 0. The molecule has 0 unspecified atom stereocenters. The molecule has 0 saturated carbocycles. The summed E-state index contributed by atoms with van der Waals surface area (Å²) in [5.41, 5.74) is 6.16. The van der Waals surface area contributed by atoms with Crippen LogP contribution in [0.1, 0.15) is 43.0 Å². The van der Waals surface area contributed by atoms with Crippen LogP contribution in [0.2, 0.25) is 0 Å². The van der Waals surface area contributed by atoms with Crippen LogP contribution in [0.15, 0.2) is 54.7 Å². The third-order valence-corrected chi connectivity index (χ3v) is 5.36. The van der Waals surface area contributed by atoms with Gasteiger partial charge in [-0.15, -0.1) is 0 Å². The van der Waals surface area contributed by atoms with Crippen molar-refractivity contribution in [2.24, 2.45) is 0 Å². The van der Waals surface area contributed by atoms with E-state index in [-0.39, 0.29) is 0 Å². The largest absolute Gasteiger partial charge is 0.371 e. The Bertz CT molecular complexity index is 949. The normalized spacial score (nSPS) is 15.5. The van der Waals surface area contributed by atoms with Crippen molar-refractivity contribution >= 4 is 28.1 Å². The maximum Gasteiger partial charge on any atom is 0.0653 e. The number of fused-ring (bicyclic) bond motifs is 1. The number of rotatable bonds is 3. The van der Waals surface area contributed by atoms with Crippen molar-refractivity contribution in [3.05, 3.63) is 71.5 Å². The fourth-order valence-electron chi connectivity index (χ4n) is 3.82. The number of allylic oxidation sites excluding steroid dienone is 1. The van der Waals surface area contributed by atoms with Gasteiger partial charge >= 0.3 is 0 Å². The molecule has 1 aromatic heterocycles. The smallest absolute Gasteiger partial charge is 0.0653 e. The van der Waals surface area contributed by atoms with Crippen molar-refractivity contribution in [3.8, 4) is 0 Å². The summed E-state index contributed by atoms with van der Waals surface area (Å²) in [5.74, 6) is 0. The second kappa shape index (κ2) is 7.33. The van der Waals surface area contributed by atoms with Crippen molar-refractivity contribution < 1.29 is 0 Å². The second-order valence-electron chi connectivity index (χ2n) is 7.33. The molecular formula is C24H26N2. The lowest BCUT2D eigenvalue weighted by Gasteiger charge is -2.30. The van der Waals surface area contributed by atoms with Crippen LogP contribution in [-0.2, 0) is 0 Å². The van der Waals surface area contributed by atoms with E-state index in [1.165, 1.54) is 52.4 Å². The van der Waals surface area contributed by atoms with Gasteiger partial charge in [-0.1, -0.05) is 36.4 Å². The van der Waals surface area contributed by atoms with Crippen LogP contribution in [-0.4, -0.2) is 18.1 Å². The molecule has 0 bridgehead atoms. The van der Waals surface area contributed by atoms with Gasteiger partial charge in [-0.2, -0.15) is 0 Å². The number of nitrogens with zero attached hydrogens (tertiary/aromatic N) is 2. The Hall–Kier alpha value is -2.61. The van der Waals surface area contributed by atoms with Crippen molar-refractivity contribution in [2.45, 2.75) is 33.1 Å². The van der Waals surface area contributed by atoms with Gasteiger partial charge in [-0.25, -0.2) is 0 Å². The van der Waals surface area contributed by atoms with Gasteiger partial charge in [0.25, 0.3) is 0 Å². The Morgan fingerprint density at radius 3 is 2.54 bits per heavy atom. The van der Waals surface area contributed by atoms with E-state index in [9.17, 15) is 0 Å². The Morgan fingerprint density at radius 1 is 0.962 bits per heavy atom. The molecule has 0 spiro atoms. The first-order valence-corrected chi connectivity index (χ1v) is 9.60. The average molecular weight is 342 g/mol. The summed E-state index contributed by atoms with van der Waals surface area (Å²) in [5, 5.41) is 2.56. The molecule has 2 nitrogen and oxygen atoms in total. The predicted octanol–water partition coefficient (Wildman–Crippen LogP) is 6.09. The molecule has 0 aliphatic carbocycles. The fraction of sp³-hybridized carbons (Fsp3) is 0.292. The number of aryl methyl sites for hydroxylation is 1. The number of hydrogen-bond acceptors (Lipinski definition) is 2. The van der Waals surface area contributed by atoms with Gasteiger partial charge in [-0.3, -0.25) is 4.98 Å². The Morgan fingerprint density at radius 2 is 1.73 bits per heavy atom. The molecule has 1 saturated heterocycles. The van der Waals surface area contributed by atoms with E-state index in [0.29, 0.717) is 0 Å². The Balaban J connectivity index is 1.65. The number of benzene rings is 2. The topological polar surface area (TPSA) is 16.1 Å². The van der Waals surface area contributed by atoms with Gasteiger partial charge in [0.1, 0.15) is 0 Å². The minimum Gasteiger partial charge on any atom is -0.371 e. The van der Waals surface area contributed by atoms with Gasteiger partial charge in [0, 0.05) is 25.0 Å². The molecule has 2 heteroatoms. The lowest BCUT2D eigenvalue weighted by atomic mass is 10.0. The van der Waals surface area contributed by atoms with Crippen LogP contribution >= 0.6 is 0 Å². The molecule has 3 aromatic rings. The standard InChI is InChI=1S/C24H26N2/c1-18(21-11-10-20-8-4-5-9-22(20)15-21)14-23-16-24(19(2)17-25-23)26-12-6-3-7-13-26/h4-5,8-11,14-17H,3,6-7,12-13H2,1-2H3. The molecular weight excluding hydrogens is 316 g/mol. The summed E-state index contributed by atoms with van der Waals surface area (Å²) >= 11 is 0. The highest BCUT2D eigenvalue weighted by molar-refractivity contribution is 5.89.